The van der Waals surface area contributed by atoms with E-state index in [9.17, 15) is 18.0 Å². The van der Waals surface area contributed by atoms with Crippen LogP contribution in [0.2, 0.25) is 0 Å². The third-order valence-electron chi connectivity index (χ3n) is 4.45. The van der Waals surface area contributed by atoms with E-state index in [-0.39, 0.29) is 22.8 Å². The van der Waals surface area contributed by atoms with Crippen molar-refractivity contribution in [2.45, 2.75) is 31.1 Å². The molecule has 1 heterocycles. The zero-order valence-electron chi connectivity index (χ0n) is 13.7. The lowest BCUT2D eigenvalue weighted by Crippen LogP contribution is -2.30. The number of carbonyl (C=O) groups is 1. The first-order valence-corrected chi connectivity index (χ1v) is 7.67. The normalized spacial score (nSPS) is 15.6. The summed E-state index contributed by atoms with van der Waals surface area (Å²) < 4.78 is 51.7. The van der Waals surface area contributed by atoms with Gasteiger partial charge in [0.1, 0.15) is 0 Å². The highest BCUT2D eigenvalue weighted by atomic mass is 19.3. The number of hydrogen-bond acceptors (Lipinski definition) is 4. The number of aromatic nitrogens is 1. The summed E-state index contributed by atoms with van der Waals surface area (Å²) in [5, 5.41) is 0. The second-order valence-corrected chi connectivity index (χ2v) is 6.09. The smallest absolute Gasteiger partial charge is 0.339 e. The fourth-order valence-corrected chi connectivity index (χ4v) is 2.78. The highest BCUT2D eigenvalue weighted by Crippen LogP contribution is 2.58. The van der Waals surface area contributed by atoms with Gasteiger partial charge in [0.25, 0.3) is 5.92 Å². The number of ether oxygens (including phenoxy) is 2. The zero-order chi connectivity index (χ0) is 18.2. The second kappa shape index (κ2) is 6.06. The van der Waals surface area contributed by atoms with Crippen molar-refractivity contribution < 1.29 is 27.4 Å². The van der Waals surface area contributed by atoms with Crippen LogP contribution in [0, 0.1) is 5.82 Å². The summed E-state index contributed by atoms with van der Waals surface area (Å²) in [4.78, 5) is 15.2. The van der Waals surface area contributed by atoms with Crippen molar-refractivity contribution in [3.63, 3.8) is 0 Å². The molecule has 1 fully saturated rings. The second-order valence-electron chi connectivity index (χ2n) is 6.09. The van der Waals surface area contributed by atoms with Crippen molar-refractivity contribution in [2.24, 2.45) is 0 Å². The van der Waals surface area contributed by atoms with E-state index in [0.717, 1.165) is 13.0 Å². The van der Waals surface area contributed by atoms with E-state index in [0.29, 0.717) is 12.8 Å². The summed E-state index contributed by atoms with van der Waals surface area (Å²) in [7, 11) is 1.25. The Hall–Kier alpha value is -2.57. The molecule has 1 aromatic heterocycles. The molecule has 1 saturated carbocycles. The Labute approximate surface area is 142 Å². The van der Waals surface area contributed by atoms with Crippen molar-refractivity contribution in [3.8, 4) is 11.6 Å². The van der Waals surface area contributed by atoms with Gasteiger partial charge in [0.2, 0.25) is 5.88 Å². The van der Waals surface area contributed by atoms with E-state index in [4.69, 9.17) is 4.74 Å². The monoisotopic (exact) mass is 351 g/mol. The van der Waals surface area contributed by atoms with Gasteiger partial charge in [-0.2, -0.15) is 0 Å². The maximum Gasteiger partial charge on any atom is 0.339 e. The quantitative estimate of drug-likeness (QED) is 0.745. The summed E-state index contributed by atoms with van der Waals surface area (Å²) in [6, 6.07) is 6.67. The molecule has 0 aliphatic heterocycles. The first kappa shape index (κ1) is 17.3. The molecule has 0 radical (unpaired) electrons. The Morgan fingerprint density at radius 2 is 1.96 bits per heavy atom. The van der Waals surface area contributed by atoms with Gasteiger partial charge in [-0.1, -0.05) is 6.07 Å². The fraction of sp³-hybridized carbons (Fsp3) is 0.333. The molecule has 4 nitrogen and oxygen atoms in total. The van der Waals surface area contributed by atoms with Gasteiger partial charge in [-0.15, -0.1) is 0 Å². The molecular formula is C18H16F3NO3. The van der Waals surface area contributed by atoms with Gasteiger partial charge in [0.15, 0.2) is 11.6 Å². The molecule has 7 heteroatoms. The maximum absolute atomic E-state index is 14.3. The number of esters is 1. The molecule has 1 aliphatic carbocycles. The number of hydrogen-bond donors (Lipinski definition) is 0. The summed E-state index contributed by atoms with van der Waals surface area (Å²) in [6.07, 6.45) is 1.89. The van der Waals surface area contributed by atoms with Crippen LogP contribution in [0.15, 0.2) is 36.5 Å². The highest BCUT2D eigenvalue weighted by molar-refractivity contribution is 5.88. The molecule has 0 atom stereocenters. The Balaban J connectivity index is 1.79. The molecule has 0 unspecified atom stereocenters. The Morgan fingerprint density at radius 1 is 1.24 bits per heavy atom. The van der Waals surface area contributed by atoms with E-state index >= 15 is 0 Å². The van der Waals surface area contributed by atoms with Gasteiger partial charge in [-0.25, -0.2) is 22.9 Å². The Morgan fingerprint density at radius 3 is 2.44 bits per heavy atom. The fourth-order valence-electron chi connectivity index (χ4n) is 2.78. The highest BCUT2D eigenvalue weighted by Gasteiger charge is 2.60. The number of nitrogens with zero attached hydrogens (tertiary/aromatic N) is 1. The van der Waals surface area contributed by atoms with Gasteiger partial charge < -0.3 is 9.47 Å². The minimum atomic E-state index is -2.91. The van der Waals surface area contributed by atoms with Crippen molar-refractivity contribution in [2.75, 3.05) is 7.11 Å². The van der Waals surface area contributed by atoms with E-state index in [2.05, 4.69) is 9.72 Å². The number of halogens is 3. The molecule has 0 saturated heterocycles. The minimum Gasteiger partial charge on any atom is -0.465 e. The van der Waals surface area contributed by atoms with Gasteiger partial charge in [0.05, 0.1) is 18.1 Å². The molecule has 0 spiro atoms. The first-order chi connectivity index (χ1) is 11.8. The van der Waals surface area contributed by atoms with Crippen LogP contribution in [0.5, 0.6) is 11.6 Å². The number of carbonyl (C=O) groups excluding carboxylic acids is 1. The SMILES string of the molecule is COC(=O)c1ccc(Oc2ccc(C3(C(C)(F)F)CC3)cc2F)nc1. The van der Waals surface area contributed by atoms with Crippen LogP contribution in [-0.4, -0.2) is 24.0 Å². The van der Waals surface area contributed by atoms with E-state index in [1.54, 1.807) is 0 Å². The molecule has 1 aliphatic rings. The van der Waals surface area contributed by atoms with Crippen molar-refractivity contribution in [1.29, 1.82) is 0 Å². The van der Waals surface area contributed by atoms with Crippen LogP contribution in [0.4, 0.5) is 13.2 Å². The average Bonchev–Trinajstić information content (AvgIpc) is 3.38. The number of benzene rings is 1. The lowest BCUT2D eigenvalue weighted by atomic mass is 9.90. The largest absolute Gasteiger partial charge is 0.465 e. The molecule has 0 N–H and O–H groups in total. The molecule has 3 rings (SSSR count). The predicted molar refractivity (Wildman–Crippen MR) is 83.6 cm³/mol. The third-order valence-corrected chi connectivity index (χ3v) is 4.45. The lowest BCUT2D eigenvalue weighted by Gasteiger charge is -2.23. The van der Waals surface area contributed by atoms with Gasteiger partial charge in [0, 0.05) is 19.2 Å². The van der Waals surface area contributed by atoms with Crippen LogP contribution >= 0.6 is 0 Å². The van der Waals surface area contributed by atoms with Crippen molar-refractivity contribution in [3.05, 3.63) is 53.5 Å². The zero-order valence-corrected chi connectivity index (χ0v) is 13.7. The molecule has 0 bridgehead atoms. The standard InChI is InChI=1S/C18H16F3NO3/c1-17(20,21)18(7-8-18)12-4-5-14(13(19)9-12)25-15-6-3-11(10-22-15)16(23)24-2/h3-6,9-10H,7-8H2,1-2H3. The molecule has 25 heavy (non-hydrogen) atoms. The van der Waals surface area contributed by atoms with Gasteiger partial charge >= 0.3 is 5.97 Å². The summed E-state index contributed by atoms with van der Waals surface area (Å²) in [5.74, 6) is -4.26. The van der Waals surface area contributed by atoms with Crippen LogP contribution in [0.3, 0.4) is 0 Å². The Bertz CT molecular complexity index is 796. The van der Waals surface area contributed by atoms with Crippen molar-refractivity contribution >= 4 is 5.97 Å². The van der Waals surface area contributed by atoms with E-state index in [1.165, 1.54) is 37.6 Å². The van der Waals surface area contributed by atoms with Gasteiger partial charge in [-0.3, -0.25) is 0 Å². The molecular weight excluding hydrogens is 335 g/mol. The topological polar surface area (TPSA) is 48.4 Å². The number of pyridine rings is 1. The number of methoxy groups -OCH3 is 1. The average molecular weight is 351 g/mol. The molecule has 2 aromatic rings. The molecule has 1 aromatic carbocycles. The third kappa shape index (κ3) is 3.18. The summed E-state index contributed by atoms with van der Waals surface area (Å²) >= 11 is 0. The first-order valence-electron chi connectivity index (χ1n) is 7.67. The number of rotatable bonds is 5. The van der Waals surface area contributed by atoms with Crippen LogP contribution < -0.4 is 4.74 Å². The van der Waals surface area contributed by atoms with E-state index < -0.39 is 23.1 Å². The number of alkyl halides is 2. The van der Waals surface area contributed by atoms with Crippen LogP contribution in [0.1, 0.15) is 35.7 Å². The predicted octanol–water partition coefficient (Wildman–Crippen LogP) is 4.49. The van der Waals surface area contributed by atoms with Crippen LogP contribution in [0.25, 0.3) is 0 Å². The van der Waals surface area contributed by atoms with Crippen LogP contribution in [-0.2, 0) is 10.2 Å². The lowest BCUT2D eigenvalue weighted by molar-refractivity contribution is -0.0200. The van der Waals surface area contributed by atoms with Gasteiger partial charge in [-0.05, 0) is 36.6 Å². The molecule has 0 amide bonds. The summed E-state index contributed by atoms with van der Waals surface area (Å²) in [5.41, 5.74) is -0.794. The molecule has 132 valence electrons. The minimum absolute atomic E-state index is 0.0706. The maximum atomic E-state index is 14.3. The summed E-state index contributed by atoms with van der Waals surface area (Å²) in [6.45, 7) is 0.856. The van der Waals surface area contributed by atoms with E-state index in [1.807, 2.05) is 0 Å². The Kier molecular flexibility index (Phi) is 4.18. The van der Waals surface area contributed by atoms with Crippen molar-refractivity contribution in [1.82, 2.24) is 4.98 Å².